The summed E-state index contributed by atoms with van der Waals surface area (Å²) in [5, 5.41) is 8.47. The largest absolute Gasteiger partial charge is 0.487 e. The number of aromatic nitrogens is 2. The molecule has 0 saturated carbocycles. The zero-order valence-corrected chi connectivity index (χ0v) is 17.7. The number of hydrogen-bond donors (Lipinski definition) is 1. The number of morpholine rings is 1. The molecule has 4 rings (SSSR count). The molecule has 2 aromatic heterocycles. The van der Waals surface area contributed by atoms with Crippen molar-refractivity contribution in [3.63, 3.8) is 0 Å². The van der Waals surface area contributed by atoms with Gasteiger partial charge in [-0.05, 0) is 31.2 Å². The SMILES string of the molecule is Cc1nc(COc2ccc(C(=O)Nc3nc(CN4CCOCC4)cs3)cc2)cs1. The lowest BCUT2D eigenvalue weighted by Gasteiger charge is -2.25. The van der Waals surface area contributed by atoms with E-state index in [4.69, 9.17) is 9.47 Å². The fourth-order valence-corrected chi connectivity index (χ4v) is 4.22. The second-order valence-electron chi connectivity index (χ2n) is 6.66. The van der Waals surface area contributed by atoms with E-state index in [-0.39, 0.29) is 5.91 Å². The molecule has 3 aromatic rings. The predicted molar refractivity (Wildman–Crippen MR) is 114 cm³/mol. The summed E-state index contributed by atoms with van der Waals surface area (Å²) in [4.78, 5) is 23.7. The minimum absolute atomic E-state index is 0.182. The molecule has 0 unspecified atom stereocenters. The molecule has 1 amide bonds. The maximum atomic E-state index is 12.5. The van der Waals surface area contributed by atoms with Crippen molar-refractivity contribution in [2.24, 2.45) is 0 Å². The molecule has 1 N–H and O–H groups in total. The average Bonchev–Trinajstić information content (AvgIpc) is 3.36. The molecule has 1 aliphatic rings. The summed E-state index contributed by atoms with van der Waals surface area (Å²) < 4.78 is 11.1. The Balaban J connectivity index is 1.29. The first-order chi connectivity index (χ1) is 14.2. The molecule has 0 radical (unpaired) electrons. The number of carbonyl (C=O) groups excluding carboxylic acids is 1. The van der Waals surface area contributed by atoms with E-state index in [2.05, 4.69) is 20.2 Å². The van der Waals surface area contributed by atoms with Crippen molar-refractivity contribution in [1.82, 2.24) is 14.9 Å². The van der Waals surface area contributed by atoms with Gasteiger partial charge in [0, 0.05) is 36.0 Å². The van der Waals surface area contributed by atoms with Crippen LogP contribution in [-0.2, 0) is 17.9 Å². The van der Waals surface area contributed by atoms with Gasteiger partial charge in [0.25, 0.3) is 5.91 Å². The van der Waals surface area contributed by atoms with E-state index in [1.165, 1.54) is 11.3 Å². The number of benzene rings is 1. The molecular formula is C20H22N4O3S2. The molecule has 3 heterocycles. The van der Waals surface area contributed by atoms with Gasteiger partial charge in [-0.1, -0.05) is 0 Å². The quantitative estimate of drug-likeness (QED) is 0.618. The molecule has 152 valence electrons. The van der Waals surface area contributed by atoms with E-state index in [0.29, 0.717) is 23.1 Å². The number of ether oxygens (including phenoxy) is 2. The van der Waals surface area contributed by atoms with Crippen molar-refractivity contribution in [1.29, 1.82) is 0 Å². The maximum Gasteiger partial charge on any atom is 0.257 e. The smallest absolute Gasteiger partial charge is 0.257 e. The van der Waals surface area contributed by atoms with Gasteiger partial charge in [-0.15, -0.1) is 22.7 Å². The molecule has 1 saturated heterocycles. The highest BCUT2D eigenvalue weighted by molar-refractivity contribution is 7.14. The summed E-state index contributed by atoms with van der Waals surface area (Å²) in [6.45, 7) is 6.51. The Hall–Kier alpha value is -2.33. The zero-order valence-electron chi connectivity index (χ0n) is 16.1. The van der Waals surface area contributed by atoms with Gasteiger partial charge in [-0.3, -0.25) is 15.0 Å². The van der Waals surface area contributed by atoms with Gasteiger partial charge in [0.05, 0.1) is 29.6 Å². The molecule has 0 aliphatic carbocycles. The van der Waals surface area contributed by atoms with Crippen LogP contribution in [0.15, 0.2) is 35.0 Å². The average molecular weight is 431 g/mol. The van der Waals surface area contributed by atoms with E-state index >= 15 is 0 Å². The third-order valence-electron chi connectivity index (χ3n) is 4.43. The highest BCUT2D eigenvalue weighted by Gasteiger charge is 2.14. The van der Waals surface area contributed by atoms with Crippen molar-refractivity contribution in [3.8, 4) is 5.75 Å². The fourth-order valence-electron chi connectivity index (χ4n) is 2.93. The molecule has 0 bridgehead atoms. The minimum atomic E-state index is -0.182. The van der Waals surface area contributed by atoms with Crippen LogP contribution < -0.4 is 10.1 Å². The number of aryl methyl sites for hydroxylation is 1. The van der Waals surface area contributed by atoms with E-state index in [9.17, 15) is 4.79 Å². The standard InChI is InChI=1S/C20H22N4O3S2/c1-14-21-17(13-28-14)11-27-18-4-2-15(3-5-18)19(25)23-20-22-16(12-29-20)10-24-6-8-26-9-7-24/h2-5,12-13H,6-11H2,1H3,(H,22,23,25). The lowest BCUT2D eigenvalue weighted by Crippen LogP contribution is -2.35. The normalized spacial score (nSPS) is 14.7. The van der Waals surface area contributed by atoms with Gasteiger partial charge < -0.3 is 9.47 Å². The summed E-state index contributed by atoms with van der Waals surface area (Å²) in [6.07, 6.45) is 0. The lowest BCUT2D eigenvalue weighted by atomic mass is 10.2. The third kappa shape index (κ3) is 5.60. The summed E-state index contributed by atoms with van der Waals surface area (Å²) >= 11 is 3.04. The molecule has 1 aromatic carbocycles. The molecule has 1 aliphatic heterocycles. The molecule has 1 fully saturated rings. The van der Waals surface area contributed by atoms with Crippen LogP contribution in [0, 0.1) is 6.92 Å². The molecule has 7 nitrogen and oxygen atoms in total. The second kappa shape index (κ2) is 9.45. The molecular weight excluding hydrogens is 408 g/mol. The Morgan fingerprint density at radius 3 is 2.62 bits per heavy atom. The Labute approximate surface area is 177 Å². The number of amides is 1. The predicted octanol–water partition coefficient (Wildman–Crippen LogP) is 3.57. The van der Waals surface area contributed by atoms with Crippen LogP contribution in [0.2, 0.25) is 0 Å². The first-order valence-electron chi connectivity index (χ1n) is 9.35. The van der Waals surface area contributed by atoms with Crippen LogP contribution in [0.25, 0.3) is 0 Å². The first-order valence-corrected chi connectivity index (χ1v) is 11.1. The van der Waals surface area contributed by atoms with Crippen molar-refractivity contribution >= 4 is 33.7 Å². The highest BCUT2D eigenvalue weighted by atomic mass is 32.1. The van der Waals surface area contributed by atoms with E-state index in [1.54, 1.807) is 35.6 Å². The van der Waals surface area contributed by atoms with E-state index in [0.717, 1.165) is 49.2 Å². The van der Waals surface area contributed by atoms with Crippen LogP contribution in [0.3, 0.4) is 0 Å². The van der Waals surface area contributed by atoms with Gasteiger partial charge in [0.15, 0.2) is 5.13 Å². The van der Waals surface area contributed by atoms with Crippen LogP contribution in [0.5, 0.6) is 5.75 Å². The van der Waals surface area contributed by atoms with Gasteiger partial charge in [0.2, 0.25) is 0 Å². The van der Waals surface area contributed by atoms with Crippen LogP contribution in [0.1, 0.15) is 26.8 Å². The number of rotatable bonds is 7. The van der Waals surface area contributed by atoms with Crippen molar-refractivity contribution in [2.75, 3.05) is 31.6 Å². The van der Waals surface area contributed by atoms with Gasteiger partial charge >= 0.3 is 0 Å². The number of thiazole rings is 2. The highest BCUT2D eigenvalue weighted by Crippen LogP contribution is 2.20. The van der Waals surface area contributed by atoms with Crippen LogP contribution in [-0.4, -0.2) is 47.1 Å². The Kier molecular flexibility index (Phi) is 6.50. The second-order valence-corrected chi connectivity index (χ2v) is 8.58. The maximum absolute atomic E-state index is 12.5. The summed E-state index contributed by atoms with van der Waals surface area (Å²) in [5.41, 5.74) is 2.44. The first kappa shape index (κ1) is 20.0. The monoisotopic (exact) mass is 430 g/mol. The third-order valence-corrected chi connectivity index (χ3v) is 6.06. The summed E-state index contributed by atoms with van der Waals surface area (Å²) in [5.74, 6) is 0.521. The lowest BCUT2D eigenvalue weighted by molar-refractivity contribution is 0.0337. The van der Waals surface area contributed by atoms with E-state index < -0.39 is 0 Å². The molecule has 0 atom stereocenters. The molecule has 9 heteroatoms. The van der Waals surface area contributed by atoms with Crippen molar-refractivity contribution in [3.05, 3.63) is 57.0 Å². The molecule has 0 spiro atoms. The Morgan fingerprint density at radius 1 is 1.14 bits per heavy atom. The number of anilines is 1. The minimum Gasteiger partial charge on any atom is -0.487 e. The Bertz CT molecular complexity index is 949. The zero-order chi connectivity index (χ0) is 20.1. The number of nitrogens with one attached hydrogen (secondary N) is 1. The summed E-state index contributed by atoms with van der Waals surface area (Å²) in [7, 11) is 0. The van der Waals surface area contributed by atoms with Crippen molar-refractivity contribution in [2.45, 2.75) is 20.1 Å². The molecule has 29 heavy (non-hydrogen) atoms. The van der Waals surface area contributed by atoms with E-state index in [1.807, 2.05) is 17.7 Å². The van der Waals surface area contributed by atoms with Crippen LogP contribution in [0.4, 0.5) is 5.13 Å². The van der Waals surface area contributed by atoms with Crippen molar-refractivity contribution < 1.29 is 14.3 Å². The van der Waals surface area contributed by atoms with Gasteiger partial charge in [-0.2, -0.15) is 0 Å². The van der Waals surface area contributed by atoms with Gasteiger partial charge in [0.1, 0.15) is 12.4 Å². The topological polar surface area (TPSA) is 76.6 Å². The number of hydrogen-bond acceptors (Lipinski definition) is 8. The fraction of sp³-hybridized carbons (Fsp3) is 0.350. The Morgan fingerprint density at radius 2 is 1.90 bits per heavy atom. The summed E-state index contributed by atoms with van der Waals surface area (Å²) in [6, 6.07) is 7.08. The number of carbonyl (C=O) groups is 1. The number of nitrogens with zero attached hydrogens (tertiary/aromatic N) is 3. The van der Waals surface area contributed by atoms with Crippen LogP contribution >= 0.6 is 22.7 Å². The van der Waals surface area contributed by atoms with Gasteiger partial charge in [-0.25, -0.2) is 9.97 Å².